The Hall–Kier alpha value is -1.29. The largest absolute Gasteiger partial charge is 0.394 e. The number of likely N-dealkylation sites (tertiary alicyclic amines) is 1. The standard InChI is InChI=1S/C17H26N2O2/c1-11-5-4-8-18(16(11)10-20)17(21)15-9-12(2)19(13(15)3)14-6-7-14/h9,11,14,16,20H,4-8,10H2,1-3H3. The number of aromatic nitrogens is 1. The summed E-state index contributed by atoms with van der Waals surface area (Å²) in [6, 6.07) is 2.60. The topological polar surface area (TPSA) is 45.5 Å². The molecule has 4 heteroatoms. The number of rotatable bonds is 3. The highest BCUT2D eigenvalue weighted by atomic mass is 16.3. The highest BCUT2D eigenvalue weighted by Crippen LogP contribution is 2.38. The Morgan fingerprint density at radius 1 is 1.33 bits per heavy atom. The third-order valence-corrected chi connectivity index (χ3v) is 5.19. The Kier molecular flexibility index (Phi) is 3.82. The van der Waals surface area contributed by atoms with Crippen LogP contribution in [0.1, 0.15) is 60.4 Å². The predicted molar refractivity (Wildman–Crippen MR) is 82.5 cm³/mol. The fraction of sp³-hybridized carbons (Fsp3) is 0.706. The van der Waals surface area contributed by atoms with Gasteiger partial charge in [0.1, 0.15) is 0 Å². The molecule has 3 rings (SSSR count). The van der Waals surface area contributed by atoms with Crippen molar-refractivity contribution in [2.45, 2.75) is 58.5 Å². The molecule has 1 aliphatic heterocycles. The van der Waals surface area contributed by atoms with Crippen LogP contribution in [0.3, 0.4) is 0 Å². The first-order valence-electron chi connectivity index (χ1n) is 8.14. The third kappa shape index (κ3) is 2.50. The van der Waals surface area contributed by atoms with E-state index in [1.54, 1.807) is 0 Å². The molecule has 1 aromatic rings. The molecule has 116 valence electrons. The summed E-state index contributed by atoms with van der Waals surface area (Å²) in [7, 11) is 0. The van der Waals surface area contributed by atoms with Crippen LogP contribution in [0.2, 0.25) is 0 Å². The molecule has 21 heavy (non-hydrogen) atoms. The molecule has 0 aromatic carbocycles. The van der Waals surface area contributed by atoms with Gasteiger partial charge in [-0.1, -0.05) is 6.92 Å². The van der Waals surface area contributed by atoms with Gasteiger partial charge in [-0.05, 0) is 51.5 Å². The van der Waals surface area contributed by atoms with E-state index in [1.807, 2.05) is 11.0 Å². The van der Waals surface area contributed by atoms with Gasteiger partial charge >= 0.3 is 0 Å². The molecule has 0 spiro atoms. The Labute approximate surface area is 126 Å². The molecule has 1 aromatic heterocycles. The molecule has 1 N–H and O–H groups in total. The van der Waals surface area contributed by atoms with Gasteiger partial charge in [0.2, 0.25) is 0 Å². The molecule has 1 amide bonds. The van der Waals surface area contributed by atoms with E-state index in [9.17, 15) is 9.90 Å². The van der Waals surface area contributed by atoms with Crippen LogP contribution in [-0.4, -0.2) is 39.7 Å². The number of aryl methyl sites for hydroxylation is 1. The average Bonchev–Trinajstić information content (AvgIpc) is 3.24. The zero-order valence-corrected chi connectivity index (χ0v) is 13.3. The van der Waals surface area contributed by atoms with Crippen LogP contribution in [0.25, 0.3) is 0 Å². The molecule has 0 radical (unpaired) electrons. The van der Waals surface area contributed by atoms with Gasteiger partial charge in [0.25, 0.3) is 5.91 Å². The van der Waals surface area contributed by atoms with Crippen LogP contribution in [-0.2, 0) is 0 Å². The van der Waals surface area contributed by atoms with E-state index in [-0.39, 0.29) is 18.6 Å². The number of amides is 1. The first kappa shape index (κ1) is 14.6. The zero-order valence-electron chi connectivity index (χ0n) is 13.3. The minimum Gasteiger partial charge on any atom is -0.394 e. The van der Waals surface area contributed by atoms with E-state index in [0.29, 0.717) is 12.0 Å². The van der Waals surface area contributed by atoms with Crippen molar-refractivity contribution in [2.24, 2.45) is 5.92 Å². The Morgan fingerprint density at radius 3 is 2.67 bits per heavy atom. The van der Waals surface area contributed by atoms with Gasteiger partial charge in [-0.15, -0.1) is 0 Å². The van der Waals surface area contributed by atoms with E-state index in [2.05, 4.69) is 25.3 Å². The number of nitrogens with zero attached hydrogens (tertiary/aromatic N) is 2. The SMILES string of the molecule is Cc1cc(C(=O)N2CCCC(C)C2CO)c(C)n1C1CC1. The number of piperidine rings is 1. The van der Waals surface area contributed by atoms with Crippen molar-refractivity contribution in [1.29, 1.82) is 0 Å². The number of carbonyl (C=O) groups is 1. The summed E-state index contributed by atoms with van der Waals surface area (Å²) < 4.78 is 2.31. The lowest BCUT2D eigenvalue weighted by molar-refractivity contribution is 0.0357. The second-order valence-electron chi connectivity index (χ2n) is 6.75. The Morgan fingerprint density at radius 2 is 2.05 bits per heavy atom. The molecular formula is C17H26N2O2. The summed E-state index contributed by atoms with van der Waals surface area (Å²) in [5, 5.41) is 9.66. The molecule has 4 nitrogen and oxygen atoms in total. The quantitative estimate of drug-likeness (QED) is 0.930. The molecule has 2 atom stereocenters. The van der Waals surface area contributed by atoms with E-state index in [4.69, 9.17) is 0 Å². The second-order valence-corrected chi connectivity index (χ2v) is 6.75. The summed E-state index contributed by atoms with van der Waals surface area (Å²) in [6.45, 7) is 7.11. The second kappa shape index (κ2) is 5.48. The van der Waals surface area contributed by atoms with E-state index < -0.39 is 0 Å². The molecule has 1 saturated heterocycles. The van der Waals surface area contributed by atoms with E-state index >= 15 is 0 Å². The van der Waals surface area contributed by atoms with Gasteiger partial charge in [-0.2, -0.15) is 0 Å². The summed E-state index contributed by atoms with van der Waals surface area (Å²) >= 11 is 0. The highest BCUT2D eigenvalue weighted by molar-refractivity contribution is 5.96. The summed E-state index contributed by atoms with van der Waals surface area (Å²) in [5.41, 5.74) is 3.10. The number of aliphatic hydroxyl groups excluding tert-OH is 1. The van der Waals surface area contributed by atoms with Crippen molar-refractivity contribution in [2.75, 3.05) is 13.2 Å². The molecule has 1 saturated carbocycles. The predicted octanol–water partition coefficient (Wildman–Crippen LogP) is 2.67. The minimum absolute atomic E-state index is 0.0322. The van der Waals surface area contributed by atoms with E-state index in [0.717, 1.165) is 30.6 Å². The van der Waals surface area contributed by atoms with Crippen LogP contribution in [0, 0.1) is 19.8 Å². The van der Waals surface area contributed by atoms with Gasteiger partial charge in [0.15, 0.2) is 0 Å². The molecule has 2 unspecified atom stereocenters. The van der Waals surface area contributed by atoms with Crippen LogP contribution in [0.4, 0.5) is 0 Å². The van der Waals surface area contributed by atoms with E-state index in [1.165, 1.54) is 18.5 Å². The van der Waals surface area contributed by atoms with Crippen molar-refractivity contribution in [3.63, 3.8) is 0 Å². The summed E-state index contributed by atoms with van der Waals surface area (Å²) in [5.74, 6) is 0.472. The van der Waals surface area contributed by atoms with Gasteiger partial charge in [0.05, 0.1) is 18.2 Å². The first-order valence-corrected chi connectivity index (χ1v) is 8.14. The zero-order chi connectivity index (χ0) is 15.1. The molecular weight excluding hydrogens is 264 g/mol. The fourth-order valence-corrected chi connectivity index (χ4v) is 3.82. The smallest absolute Gasteiger partial charge is 0.256 e. The summed E-state index contributed by atoms with van der Waals surface area (Å²) in [4.78, 5) is 14.8. The van der Waals surface area contributed by atoms with Crippen molar-refractivity contribution in [3.05, 3.63) is 23.0 Å². The maximum Gasteiger partial charge on any atom is 0.256 e. The van der Waals surface area contributed by atoms with Gasteiger partial charge in [-0.25, -0.2) is 0 Å². The average molecular weight is 290 g/mol. The van der Waals surface area contributed by atoms with Gasteiger partial charge in [0, 0.05) is 24.0 Å². The monoisotopic (exact) mass is 290 g/mol. The lowest BCUT2D eigenvalue weighted by atomic mass is 9.90. The van der Waals surface area contributed by atoms with Crippen LogP contribution >= 0.6 is 0 Å². The Balaban J connectivity index is 1.89. The molecule has 2 heterocycles. The minimum atomic E-state index is -0.0322. The number of carbonyl (C=O) groups excluding carboxylic acids is 1. The van der Waals surface area contributed by atoms with Crippen molar-refractivity contribution in [1.82, 2.24) is 9.47 Å². The lowest BCUT2D eigenvalue weighted by Crippen LogP contribution is -2.49. The van der Waals surface area contributed by atoms with Crippen molar-refractivity contribution >= 4 is 5.91 Å². The normalized spacial score (nSPS) is 26.2. The number of hydrogen-bond donors (Lipinski definition) is 1. The van der Waals surface area contributed by atoms with Crippen molar-refractivity contribution in [3.8, 4) is 0 Å². The van der Waals surface area contributed by atoms with Crippen molar-refractivity contribution < 1.29 is 9.90 Å². The fourth-order valence-electron chi connectivity index (χ4n) is 3.82. The maximum absolute atomic E-state index is 12.9. The van der Waals surface area contributed by atoms with Gasteiger partial charge in [-0.3, -0.25) is 4.79 Å². The van der Waals surface area contributed by atoms with Crippen LogP contribution < -0.4 is 0 Å². The third-order valence-electron chi connectivity index (χ3n) is 5.19. The number of hydrogen-bond acceptors (Lipinski definition) is 2. The Bertz CT molecular complexity index is 545. The van der Waals surface area contributed by atoms with Crippen LogP contribution in [0.15, 0.2) is 6.07 Å². The molecule has 1 aliphatic carbocycles. The number of aliphatic hydroxyl groups is 1. The van der Waals surface area contributed by atoms with Crippen LogP contribution in [0.5, 0.6) is 0 Å². The van der Waals surface area contributed by atoms with Gasteiger partial charge < -0.3 is 14.6 Å². The molecule has 2 aliphatic rings. The first-order chi connectivity index (χ1) is 10.0. The highest BCUT2D eigenvalue weighted by Gasteiger charge is 2.34. The summed E-state index contributed by atoms with van der Waals surface area (Å²) in [6.07, 6.45) is 4.58. The molecule has 2 fully saturated rings. The maximum atomic E-state index is 12.9. The molecule has 0 bridgehead atoms. The lowest BCUT2D eigenvalue weighted by Gasteiger charge is -2.39.